The summed E-state index contributed by atoms with van der Waals surface area (Å²) in [5.41, 5.74) is 0. The third kappa shape index (κ3) is 6.30. The number of hydrogen-bond donors (Lipinski definition) is 1. The summed E-state index contributed by atoms with van der Waals surface area (Å²) in [7, 11) is 0. The van der Waals surface area contributed by atoms with Gasteiger partial charge in [-0.1, -0.05) is 0 Å². The Morgan fingerprint density at radius 2 is 2.18 bits per heavy atom. The molecule has 0 bridgehead atoms. The molecule has 0 aliphatic rings. The molecule has 0 fully saturated rings. The predicted octanol–water partition coefficient (Wildman–Crippen LogP) is 0.734. The fourth-order valence-electron chi connectivity index (χ4n) is 1.60. The van der Waals surface area contributed by atoms with Gasteiger partial charge in [-0.15, -0.1) is 11.6 Å². The number of halogens is 1. The molecular weight excluding hydrogens is 329 g/mol. The Bertz CT molecular complexity index is 550. The molecule has 1 rings (SSSR count). The number of rotatable bonds is 8. The number of carboxylic acids is 1. The molecule has 0 unspecified atom stereocenters. The molecule has 0 amide bonds. The number of alkyl halides is 1. The number of ether oxygens (including phenoxy) is 1. The van der Waals surface area contributed by atoms with Crippen molar-refractivity contribution in [3.8, 4) is 0 Å². The molecule has 1 heterocycles. The van der Waals surface area contributed by atoms with Crippen molar-refractivity contribution in [2.75, 3.05) is 5.88 Å². The number of aliphatic carboxylic acids is 1. The molecule has 0 spiro atoms. The normalized spacial score (nSPS) is 11.4. The minimum Gasteiger partial charge on any atom is -0.481 e. The molecule has 0 aromatic carbocycles. The number of imidazole rings is 1. The maximum Gasteiger partial charge on any atom is 0.342 e. The van der Waals surface area contributed by atoms with Crippen LogP contribution in [0.25, 0.3) is 0 Å². The third-order valence-corrected chi connectivity index (χ3v) is 2.96. The number of carboxylic acid groups (broad SMARTS) is 1. The van der Waals surface area contributed by atoms with Crippen molar-refractivity contribution in [1.82, 2.24) is 9.55 Å². The molecule has 11 heteroatoms. The minimum atomic E-state index is -1.12. The summed E-state index contributed by atoms with van der Waals surface area (Å²) in [6.07, 6.45) is -0.335. The van der Waals surface area contributed by atoms with Gasteiger partial charge in [0.05, 0.1) is 18.7 Å². The van der Waals surface area contributed by atoms with E-state index >= 15 is 0 Å². The zero-order valence-electron chi connectivity index (χ0n) is 12.2. The zero-order valence-corrected chi connectivity index (χ0v) is 14.9. The fraction of sp³-hybridized carbons (Fsp3) is 0.545. The fourth-order valence-corrected chi connectivity index (χ4v) is 1.76. The maximum absolute atomic E-state index is 11.4. The van der Waals surface area contributed by atoms with Crippen molar-refractivity contribution >= 4 is 58.9 Å². The van der Waals surface area contributed by atoms with E-state index in [0.29, 0.717) is 5.82 Å². The Morgan fingerprint density at radius 1 is 1.55 bits per heavy atom. The molecule has 1 N–H and O–H groups in total. The predicted molar refractivity (Wildman–Crippen MR) is 76.8 cm³/mol. The molecule has 0 saturated carbocycles. The molecule has 1 atom stereocenters. The van der Waals surface area contributed by atoms with Gasteiger partial charge in [0.25, 0.3) is 0 Å². The Labute approximate surface area is 153 Å². The molecule has 0 aliphatic carbocycles. The van der Waals surface area contributed by atoms with Crippen molar-refractivity contribution in [1.29, 1.82) is 0 Å². The smallest absolute Gasteiger partial charge is 0.342 e. The molecule has 1 aromatic heterocycles. The van der Waals surface area contributed by atoms with Gasteiger partial charge in [-0.05, 0) is 4.92 Å². The topological polar surface area (TPSA) is 125 Å². The number of esters is 1. The van der Waals surface area contributed by atoms with Crippen LogP contribution in [-0.2, 0) is 20.9 Å². The molecule has 1 radical (unpaired) electrons. The Balaban J connectivity index is 0.00000441. The van der Waals surface area contributed by atoms with Crippen LogP contribution < -0.4 is 0 Å². The first kappa shape index (κ1) is 20.8. The van der Waals surface area contributed by atoms with E-state index in [1.165, 1.54) is 4.57 Å². The second-order valence-corrected chi connectivity index (χ2v) is 4.50. The minimum absolute atomic E-state index is 0. The number of carbonyl (C=O) groups excluding carboxylic acids is 1. The van der Waals surface area contributed by atoms with E-state index in [-0.39, 0.29) is 60.6 Å². The van der Waals surface area contributed by atoms with E-state index in [2.05, 4.69) is 4.98 Å². The van der Waals surface area contributed by atoms with Crippen molar-refractivity contribution in [3.05, 3.63) is 22.1 Å². The van der Waals surface area contributed by atoms with Gasteiger partial charge in [0.2, 0.25) is 0 Å². The average Bonchev–Trinajstić information content (AvgIpc) is 2.77. The van der Waals surface area contributed by atoms with Crippen molar-refractivity contribution in [2.45, 2.75) is 32.4 Å². The van der Waals surface area contributed by atoms with Gasteiger partial charge < -0.3 is 20.0 Å². The van der Waals surface area contributed by atoms with Crippen LogP contribution in [0.3, 0.4) is 0 Å². The van der Waals surface area contributed by atoms with E-state index in [0.717, 1.165) is 6.20 Å². The third-order valence-electron chi connectivity index (χ3n) is 2.62. The summed E-state index contributed by atoms with van der Waals surface area (Å²) in [6.45, 7) is 1.55. The average molecular weight is 343 g/mol. The molecular formula is C11H14ClN3NaO6. The number of carbonyl (C=O) groups is 2. The molecule has 0 saturated heterocycles. The van der Waals surface area contributed by atoms with Crippen molar-refractivity contribution < 1.29 is 24.4 Å². The van der Waals surface area contributed by atoms with Crippen LogP contribution >= 0.6 is 11.6 Å². The number of nitro groups is 1. The summed E-state index contributed by atoms with van der Waals surface area (Å²) in [4.78, 5) is 35.9. The molecule has 1 aromatic rings. The summed E-state index contributed by atoms with van der Waals surface area (Å²) >= 11 is 5.68. The largest absolute Gasteiger partial charge is 0.481 e. The van der Waals surface area contributed by atoms with Gasteiger partial charge in [-0.25, -0.2) is 9.55 Å². The standard InChI is InChI=1S/C11H14ClN3O6.Na/c1-7-13-5-9(15(19)20)14(7)6-8(4-12)21-11(18)3-2-10(16)17;/h5,8H,2-4,6H2,1H3,(H,16,17);/t8-;/m0./s1. The molecule has 0 aliphatic heterocycles. The monoisotopic (exact) mass is 342 g/mol. The van der Waals surface area contributed by atoms with E-state index in [1.807, 2.05) is 0 Å². The SMILES string of the molecule is Cc1ncc([N+](=O)[O-])n1C[C@H](CCl)OC(=O)CCC(=O)O.[Na]. The van der Waals surface area contributed by atoms with E-state index in [1.54, 1.807) is 6.92 Å². The van der Waals surface area contributed by atoms with Crippen LogP contribution in [0.1, 0.15) is 18.7 Å². The second kappa shape index (κ2) is 9.78. The van der Waals surface area contributed by atoms with Crippen LogP contribution in [0.4, 0.5) is 5.82 Å². The van der Waals surface area contributed by atoms with Crippen molar-refractivity contribution in [3.63, 3.8) is 0 Å². The van der Waals surface area contributed by atoms with Gasteiger partial charge in [-0.2, -0.15) is 0 Å². The van der Waals surface area contributed by atoms with E-state index in [9.17, 15) is 19.7 Å². The Kier molecular flexibility index (Phi) is 9.26. The van der Waals surface area contributed by atoms with E-state index in [4.69, 9.17) is 21.4 Å². The first-order valence-electron chi connectivity index (χ1n) is 5.99. The zero-order chi connectivity index (χ0) is 16.0. The maximum atomic E-state index is 11.4. The van der Waals surface area contributed by atoms with Crippen molar-refractivity contribution in [2.24, 2.45) is 0 Å². The molecule has 9 nitrogen and oxygen atoms in total. The number of hydrogen-bond acceptors (Lipinski definition) is 6. The molecule has 117 valence electrons. The van der Waals surface area contributed by atoms with Crippen LogP contribution in [0.2, 0.25) is 0 Å². The summed E-state index contributed by atoms with van der Waals surface area (Å²) < 4.78 is 6.28. The number of aryl methyl sites for hydroxylation is 1. The van der Waals surface area contributed by atoms with Gasteiger partial charge >= 0.3 is 17.8 Å². The summed E-state index contributed by atoms with van der Waals surface area (Å²) in [5, 5.41) is 19.3. The van der Waals surface area contributed by atoms with Gasteiger partial charge in [-0.3, -0.25) is 9.59 Å². The van der Waals surface area contributed by atoms with Gasteiger partial charge in [0.15, 0.2) is 11.9 Å². The molecule has 22 heavy (non-hydrogen) atoms. The quantitative estimate of drug-likeness (QED) is 0.243. The Morgan fingerprint density at radius 3 is 2.68 bits per heavy atom. The number of aromatic nitrogens is 2. The van der Waals surface area contributed by atoms with Crippen LogP contribution in [0.5, 0.6) is 0 Å². The first-order valence-corrected chi connectivity index (χ1v) is 6.52. The first-order chi connectivity index (χ1) is 9.85. The van der Waals surface area contributed by atoms with Gasteiger partial charge in [0.1, 0.15) is 12.7 Å². The Hall–Kier alpha value is -1.16. The second-order valence-electron chi connectivity index (χ2n) is 4.19. The van der Waals surface area contributed by atoms with E-state index < -0.39 is 23.0 Å². The van der Waals surface area contributed by atoms with Crippen LogP contribution in [-0.4, -0.2) is 73.1 Å². The van der Waals surface area contributed by atoms with Crippen LogP contribution in [0, 0.1) is 17.0 Å². The number of nitrogens with zero attached hydrogens (tertiary/aromatic N) is 3. The van der Waals surface area contributed by atoms with Crippen LogP contribution in [0.15, 0.2) is 6.20 Å². The summed E-state index contributed by atoms with van der Waals surface area (Å²) in [6, 6.07) is 0. The summed E-state index contributed by atoms with van der Waals surface area (Å²) in [5.74, 6) is -1.75. The van der Waals surface area contributed by atoms with Gasteiger partial charge in [0, 0.05) is 36.5 Å².